The number of ketones is 4. The van der Waals surface area contributed by atoms with Crippen molar-refractivity contribution in [2.75, 3.05) is 28.4 Å². The highest BCUT2D eigenvalue weighted by Crippen LogP contribution is 2.48. The SMILES string of the molecule is COC(=O)c1cc2c(c(-c3c(OC)c(C(=O)OC)cc4c3C(=O)C=CC4=O)c1OC)C(=O)C=CC2=O. The molecular weight excluding hydrogens is 472 g/mol. The van der Waals surface area contributed by atoms with Crippen molar-refractivity contribution in [2.45, 2.75) is 0 Å². The van der Waals surface area contributed by atoms with Crippen molar-refractivity contribution in [2.24, 2.45) is 0 Å². The van der Waals surface area contributed by atoms with Crippen LogP contribution in [0.2, 0.25) is 0 Å². The van der Waals surface area contributed by atoms with Crippen molar-refractivity contribution < 1.29 is 47.7 Å². The molecule has 0 N–H and O–H groups in total. The molecule has 0 spiro atoms. The Balaban J connectivity index is 2.33. The van der Waals surface area contributed by atoms with E-state index in [9.17, 15) is 28.8 Å². The third-order valence-corrected chi connectivity index (χ3v) is 5.82. The van der Waals surface area contributed by atoms with Crippen LogP contribution in [0.15, 0.2) is 36.4 Å². The summed E-state index contributed by atoms with van der Waals surface area (Å²) in [6.45, 7) is 0. The molecule has 2 aliphatic rings. The Labute approximate surface area is 204 Å². The van der Waals surface area contributed by atoms with E-state index in [4.69, 9.17) is 18.9 Å². The molecule has 0 fully saturated rings. The third-order valence-electron chi connectivity index (χ3n) is 5.82. The molecule has 0 saturated carbocycles. The fraction of sp³-hybridized carbons (Fsp3) is 0.154. The molecule has 10 nitrogen and oxygen atoms in total. The van der Waals surface area contributed by atoms with Crippen LogP contribution in [0, 0.1) is 0 Å². The van der Waals surface area contributed by atoms with Crippen molar-refractivity contribution in [3.05, 3.63) is 69.8 Å². The molecule has 182 valence electrons. The van der Waals surface area contributed by atoms with Gasteiger partial charge in [-0.05, 0) is 36.4 Å². The number of methoxy groups -OCH3 is 4. The van der Waals surface area contributed by atoms with Crippen LogP contribution in [0.4, 0.5) is 0 Å². The molecular formula is C26H18O10. The smallest absolute Gasteiger partial charge is 0.341 e. The lowest BCUT2D eigenvalue weighted by molar-refractivity contribution is 0.0587. The standard InChI is InChI=1S/C26H18O10/c1-33-23-13(25(31)35-3)9-11-15(27)5-7-17(29)19(11)21(23)22-20-12(16(28)6-8-18(20)30)10-14(24(22)34-2)26(32)36-4/h5-10H,1-4H3. The van der Waals surface area contributed by atoms with Crippen LogP contribution in [0.1, 0.15) is 62.1 Å². The van der Waals surface area contributed by atoms with E-state index in [0.29, 0.717) is 0 Å². The fourth-order valence-electron chi connectivity index (χ4n) is 4.30. The molecule has 0 saturated heterocycles. The molecule has 0 bridgehead atoms. The van der Waals surface area contributed by atoms with E-state index in [1.807, 2.05) is 0 Å². The second kappa shape index (κ2) is 9.06. The number of rotatable bonds is 5. The summed E-state index contributed by atoms with van der Waals surface area (Å²) in [5, 5.41) is 0. The quantitative estimate of drug-likeness (QED) is 0.575. The number of fused-ring (bicyclic) bond motifs is 2. The number of ether oxygens (including phenoxy) is 4. The van der Waals surface area contributed by atoms with Crippen molar-refractivity contribution in [3.63, 3.8) is 0 Å². The number of carbonyl (C=O) groups is 6. The van der Waals surface area contributed by atoms with Gasteiger partial charge in [0.1, 0.15) is 22.6 Å². The lowest BCUT2D eigenvalue weighted by atomic mass is 9.79. The lowest BCUT2D eigenvalue weighted by Crippen LogP contribution is -2.21. The number of esters is 2. The predicted octanol–water partition coefficient (Wildman–Crippen LogP) is 2.81. The van der Waals surface area contributed by atoms with Crippen LogP contribution in [-0.4, -0.2) is 63.5 Å². The van der Waals surface area contributed by atoms with E-state index in [1.54, 1.807) is 0 Å². The van der Waals surface area contributed by atoms with Gasteiger partial charge in [-0.2, -0.15) is 0 Å². The monoisotopic (exact) mass is 490 g/mol. The molecule has 0 amide bonds. The van der Waals surface area contributed by atoms with Gasteiger partial charge in [0.15, 0.2) is 23.1 Å². The maximum Gasteiger partial charge on any atom is 0.341 e. The minimum absolute atomic E-state index is 0.164. The van der Waals surface area contributed by atoms with Gasteiger partial charge in [0.2, 0.25) is 0 Å². The van der Waals surface area contributed by atoms with Gasteiger partial charge in [0, 0.05) is 33.4 Å². The summed E-state index contributed by atoms with van der Waals surface area (Å²) in [6.07, 6.45) is 4.14. The zero-order chi connectivity index (χ0) is 26.3. The first-order chi connectivity index (χ1) is 17.2. The number of carbonyl (C=O) groups excluding carboxylic acids is 6. The first kappa shape index (κ1) is 24.3. The van der Waals surface area contributed by atoms with Gasteiger partial charge in [0.25, 0.3) is 0 Å². The van der Waals surface area contributed by atoms with Crippen molar-refractivity contribution in [1.82, 2.24) is 0 Å². The van der Waals surface area contributed by atoms with Gasteiger partial charge in [-0.25, -0.2) is 9.59 Å². The average molecular weight is 490 g/mol. The van der Waals surface area contributed by atoms with Crippen molar-refractivity contribution >= 4 is 35.1 Å². The molecule has 0 heterocycles. The maximum absolute atomic E-state index is 13.1. The predicted molar refractivity (Wildman–Crippen MR) is 123 cm³/mol. The molecule has 0 radical (unpaired) electrons. The lowest BCUT2D eigenvalue weighted by Gasteiger charge is -2.25. The Hall–Kier alpha value is -4.86. The molecule has 2 aliphatic carbocycles. The van der Waals surface area contributed by atoms with Crippen molar-refractivity contribution in [3.8, 4) is 22.6 Å². The van der Waals surface area contributed by atoms with Crippen LogP contribution in [0.5, 0.6) is 11.5 Å². The Kier molecular flexibility index (Phi) is 6.11. The molecule has 0 unspecified atom stereocenters. The van der Waals surface area contributed by atoms with Crippen LogP contribution in [0.3, 0.4) is 0 Å². The van der Waals surface area contributed by atoms with Crippen LogP contribution in [0.25, 0.3) is 11.1 Å². The highest BCUT2D eigenvalue weighted by Gasteiger charge is 2.38. The number of hydrogen-bond acceptors (Lipinski definition) is 10. The zero-order valence-corrected chi connectivity index (χ0v) is 19.5. The van der Waals surface area contributed by atoms with Gasteiger partial charge >= 0.3 is 11.9 Å². The number of allylic oxidation sites excluding steroid dienone is 4. The molecule has 0 aliphatic heterocycles. The van der Waals surface area contributed by atoms with Crippen LogP contribution >= 0.6 is 0 Å². The third kappa shape index (κ3) is 3.50. The van der Waals surface area contributed by atoms with E-state index in [2.05, 4.69) is 0 Å². The Bertz CT molecular complexity index is 1360. The molecule has 10 heteroatoms. The van der Waals surface area contributed by atoms with Gasteiger partial charge in [-0.1, -0.05) is 0 Å². The summed E-state index contributed by atoms with van der Waals surface area (Å²) >= 11 is 0. The molecule has 2 aromatic carbocycles. The van der Waals surface area contributed by atoms with E-state index < -0.39 is 35.1 Å². The van der Waals surface area contributed by atoms with Crippen LogP contribution in [-0.2, 0) is 9.47 Å². The second-order valence-electron chi connectivity index (χ2n) is 7.62. The maximum atomic E-state index is 13.1. The first-order valence-corrected chi connectivity index (χ1v) is 10.4. The van der Waals surface area contributed by atoms with Gasteiger partial charge in [0.05, 0.1) is 28.4 Å². The molecule has 4 rings (SSSR count). The van der Waals surface area contributed by atoms with Gasteiger partial charge < -0.3 is 18.9 Å². The minimum Gasteiger partial charge on any atom is -0.495 e. The zero-order valence-electron chi connectivity index (χ0n) is 19.5. The summed E-state index contributed by atoms with van der Waals surface area (Å²) in [6, 6.07) is 2.31. The first-order valence-electron chi connectivity index (χ1n) is 10.4. The Morgan fingerprint density at radius 1 is 0.528 bits per heavy atom. The molecule has 0 aromatic heterocycles. The van der Waals surface area contributed by atoms with Crippen LogP contribution < -0.4 is 9.47 Å². The summed E-state index contributed by atoms with van der Waals surface area (Å²) in [7, 11) is 4.64. The number of benzene rings is 2. The van der Waals surface area contributed by atoms with Gasteiger partial charge in [-0.3, -0.25) is 19.2 Å². The normalized spacial score (nSPS) is 13.8. The molecule has 0 atom stereocenters. The molecule has 2 aromatic rings. The van der Waals surface area contributed by atoms with E-state index in [0.717, 1.165) is 50.7 Å². The Morgan fingerprint density at radius 3 is 1.17 bits per heavy atom. The van der Waals surface area contributed by atoms with E-state index in [-0.39, 0.29) is 56.0 Å². The highest BCUT2D eigenvalue weighted by molar-refractivity contribution is 6.30. The summed E-state index contributed by atoms with van der Waals surface area (Å²) in [5.41, 5.74) is -1.56. The topological polar surface area (TPSA) is 139 Å². The summed E-state index contributed by atoms with van der Waals surface area (Å²) < 4.78 is 20.7. The second-order valence-corrected chi connectivity index (χ2v) is 7.62. The van der Waals surface area contributed by atoms with E-state index in [1.165, 1.54) is 14.2 Å². The van der Waals surface area contributed by atoms with E-state index >= 15 is 0 Å². The largest absolute Gasteiger partial charge is 0.495 e. The minimum atomic E-state index is -0.898. The molecule has 36 heavy (non-hydrogen) atoms. The number of hydrogen-bond donors (Lipinski definition) is 0. The Morgan fingerprint density at radius 2 is 0.861 bits per heavy atom. The summed E-state index contributed by atoms with van der Waals surface area (Å²) in [4.78, 5) is 77.2. The van der Waals surface area contributed by atoms with Gasteiger partial charge in [-0.15, -0.1) is 0 Å². The fourth-order valence-corrected chi connectivity index (χ4v) is 4.30. The summed E-state index contributed by atoms with van der Waals surface area (Å²) in [5.74, 6) is -4.73. The van der Waals surface area contributed by atoms with Crippen molar-refractivity contribution in [1.29, 1.82) is 0 Å². The highest BCUT2D eigenvalue weighted by atomic mass is 16.5. The average Bonchev–Trinajstić information content (AvgIpc) is 2.89.